The molecule has 0 fully saturated rings. The molecule has 2 rings (SSSR count). The Hall–Kier alpha value is -1.32. The average molecular weight is 282 g/mol. The van der Waals surface area contributed by atoms with Crippen molar-refractivity contribution >= 4 is 29.2 Å². The Morgan fingerprint density at radius 3 is 2.61 bits per heavy atom. The highest BCUT2D eigenvalue weighted by molar-refractivity contribution is 6.36. The van der Waals surface area contributed by atoms with Gasteiger partial charge in [-0.25, -0.2) is 9.97 Å². The number of nitrogens with one attached hydrogen (secondary N) is 1. The molecule has 1 heterocycles. The van der Waals surface area contributed by atoms with Crippen LogP contribution in [0.15, 0.2) is 24.3 Å². The molecule has 0 saturated carbocycles. The van der Waals surface area contributed by atoms with E-state index in [2.05, 4.69) is 15.3 Å². The summed E-state index contributed by atoms with van der Waals surface area (Å²) in [6.07, 6.45) is 0. The molecule has 0 aliphatic heterocycles. The number of aromatic nitrogens is 2. The Morgan fingerprint density at radius 2 is 1.94 bits per heavy atom. The van der Waals surface area contributed by atoms with Crippen LogP contribution in [0.3, 0.4) is 0 Å². The molecule has 1 aromatic heterocycles. The second kappa shape index (κ2) is 5.55. The van der Waals surface area contributed by atoms with Gasteiger partial charge in [-0.3, -0.25) is 0 Å². The van der Waals surface area contributed by atoms with E-state index < -0.39 is 0 Å². The van der Waals surface area contributed by atoms with Crippen LogP contribution in [0, 0.1) is 6.92 Å². The van der Waals surface area contributed by atoms with Gasteiger partial charge < -0.3 is 5.32 Å². The molecule has 0 spiro atoms. The second-order valence-electron chi connectivity index (χ2n) is 3.87. The number of halogens is 2. The lowest BCUT2D eigenvalue weighted by Gasteiger charge is -2.08. The Labute approximate surface area is 116 Å². The highest BCUT2D eigenvalue weighted by atomic mass is 35.5. The first kappa shape index (κ1) is 13.1. The Bertz CT molecular complexity index is 570. The summed E-state index contributed by atoms with van der Waals surface area (Å²) in [5.41, 5.74) is 2.54. The van der Waals surface area contributed by atoms with Gasteiger partial charge in [0.1, 0.15) is 0 Å². The monoisotopic (exact) mass is 281 g/mol. The van der Waals surface area contributed by atoms with E-state index in [1.165, 1.54) is 0 Å². The first-order valence-corrected chi connectivity index (χ1v) is 6.40. The minimum atomic E-state index is 0.586. The van der Waals surface area contributed by atoms with Crippen molar-refractivity contribution in [3.63, 3.8) is 0 Å². The van der Waals surface area contributed by atoms with E-state index in [4.69, 9.17) is 23.2 Å². The normalized spacial score (nSPS) is 10.4. The first-order chi connectivity index (χ1) is 8.60. The fourth-order valence-electron chi connectivity index (χ4n) is 1.64. The van der Waals surface area contributed by atoms with Crippen molar-refractivity contribution in [2.75, 3.05) is 11.9 Å². The molecule has 3 nitrogen and oxygen atoms in total. The molecule has 0 radical (unpaired) electrons. The van der Waals surface area contributed by atoms with Gasteiger partial charge >= 0.3 is 0 Å². The molecule has 2 aromatic rings. The minimum Gasteiger partial charge on any atom is -0.354 e. The average Bonchev–Trinajstić information content (AvgIpc) is 2.28. The number of benzene rings is 1. The second-order valence-corrected chi connectivity index (χ2v) is 4.72. The number of aryl methyl sites for hydroxylation is 1. The fourth-order valence-corrected chi connectivity index (χ4v) is 2.15. The van der Waals surface area contributed by atoms with Crippen molar-refractivity contribution in [3.8, 4) is 11.3 Å². The van der Waals surface area contributed by atoms with Crippen LogP contribution >= 0.6 is 23.2 Å². The maximum Gasteiger partial charge on any atom is 0.223 e. The lowest BCUT2D eigenvalue weighted by atomic mass is 10.1. The van der Waals surface area contributed by atoms with E-state index in [-0.39, 0.29) is 0 Å². The largest absolute Gasteiger partial charge is 0.354 e. The molecule has 1 N–H and O–H groups in total. The molecule has 18 heavy (non-hydrogen) atoms. The smallest absolute Gasteiger partial charge is 0.223 e. The zero-order valence-corrected chi connectivity index (χ0v) is 11.7. The quantitative estimate of drug-likeness (QED) is 0.917. The van der Waals surface area contributed by atoms with Crippen LogP contribution in [-0.2, 0) is 0 Å². The lowest BCUT2D eigenvalue weighted by Crippen LogP contribution is -2.04. The number of rotatable bonds is 3. The van der Waals surface area contributed by atoms with E-state index >= 15 is 0 Å². The SMILES string of the molecule is CCNc1nc(C)cc(-c2ccc(Cl)cc2Cl)n1. The molecule has 5 heteroatoms. The third-order valence-electron chi connectivity index (χ3n) is 2.40. The first-order valence-electron chi connectivity index (χ1n) is 5.65. The molecule has 0 aliphatic carbocycles. The van der Waals surface area contributed by atoms with E-state index in [1.54, 1.807) is 12.1 Å². The summed E-state index contributed by atoms with van der Waals surface area (Å²) >= 11 is 12.1. The molecule has 1 aromatic carbocycles. The lowest BCUT2D eigenvalue weighted by molar-refractivity contribution is 1.06. The summed E-state index contributed by atoms with van der Waals surface area (Å²) < 4.78 is 0. The molecule has 0 amide bonds. The topological polar surface area (TPSA) is 37.8 Å². The van der Waals surface area contributed by atoms with Gasteiger partial charge in [0.15, 0.2) is 0 Å². The maximum absolute atomic E-state index is 6.18. The van der Waals surface area contributed by atoms with Crippen molar-refractivity contribution in [2.24, 2.45) is 0 Å². The summed E-state index contributed by atoms with van der Waals surface area (Å²) in [6.45, 7) is 4.70. The number of nitrogens with zero attached hydrogens (tertiary/aromatic N) is 2. The fraction of sp³-hybridized carbons (Fsp3) is 0.231. The zero-order chi connectivity index (χ0) is 13.1. The van der Waals surface area contributed by atoms with Crippen LogP contribution in [0.5, 0.6) is 0 Å². The van der Waals surface area contributed by atoms with Crippen LogP contribution < -0.4 is 5.32 Å². The highest BCUT2D eigenvalue weighted by Gasteiger charge is 2.08. The van der Waals surface area contributed by atoms with Crippen LogP contribution in [0.25, 0.3) is 11.3 Å². The molecule has 94 valence electrons. The van der Waals surface area contributed by atoms with E-state index in [9.17, 15) is 0 Å². The highest BCUT2D eigenvalue weighted by Crippen LogP contribution is 2.29. The van der Waals surface area contributed by atoms with E-state index in [0.29, 0.717) is 16.0 Å². The molecule has 0 aliphatic rings. The van der Waals surface area contributed by atoms with Gasteiger partial charge in [0.2, 0.25) is 5.95 Å². The number of anilines is 1. The molecule has 0 bridgehead atoms. The van der Waals surface area contributed by atoms with Gasteiger partial charge in [0, 0.05) is 22.8 Å². The van der Waals surface area contributed by atoms with Gasteiger partial charge in [0.25, 0.3) is 0 Å². The summed E-state index contributed by atoms with van der Waals surface area (Å²) in [4.78, 5) is 8.74. The maximum atomic E-state index is 6.18. The van der Waals surface area contributed by atoms with Crippen LogP contribution in [0.2, 0.25) is 10.0 Å². The van der Waals surface area contributed by atoms with Crippen molar-refractivity contribution in [1.82, 2.24) is 9.97 Å². The van der Waals surface area contributed by atoms with Crippen molar-refractivity contribution in [2.45, 2.75) is 13.8 Å². The van der Waals surface area contributed by atoms with Crippen molar-refractivity contribution in [1.29, 1.82) is 0 Å². The predicted octanol–water partition coefficient (Wildman–Crippen LogP) is 4.19. The Morgan fingerprint density at radius 1 is 1.17 bits per heavy atom. The van der Waals surface area contributed by atoms with Gasteiger partial charge in [0.05, 0.1) is 10.7 Å². The predicted molar refractivity (Wildman–Crippen MR) is 76.4 cm³/mol. The summed E-state index contributed by atoms with van der Waals surface area (Å²) in [7, 11) is 0. The summed E-state index contributed by atoms with van der Waals surface area (Å²) in [5.74, 6) is 0.610. The van der Waals surface area contributed by atoms with Gasteiger partial charge in [-0.05, 0) is 38.1 Å². The molecular formula is C13H13Cl2N3. The van der Waals surface area contributed by atoms with Crippen molar-refractivity contribution < 1.29 is 0 Å². The number of hydrogen-bond donors (Lipinski definition) is 1. The van der Waals surface area contributed by atoms with Crippen LogP contribution in [0.1, 0.15) is 12.6 Å². The van der Waals surface area contributed by atoms with Gasteiger partial charge in [-0.1, -0.05) is 23.2 Å². The summed E-state index contributed by atoms with van der Waals surface area (Å²) in [5, 5.41) is 4.30. The number of hydrogen-bond acceptors (Lipinski definition) is 3. The van der Waals surface area contributed by atoms with Crippen LogP contribution in [-0.4, -0.2) is 16.5 Å². The van der Waals surface area contributed by atoms with Crippen molar-refractivity contribution in [3.05, 3.63) is 40.0 Å². The minimum absolute atomic E-state index is 0.586. The third kappa shape index (κ3) is 2.92. The standard InChI is InChI=1S/C13H13Cl2N3/c1-3-16-13-17-8(2)6-12(18-13)10-5-4-9(14)7-11(10)15/h4-7H,3H2,1-2H3,(H,16,17,18). The summed E-state index contributed by atoms with van der Waals surface area (Å²) in [6, 6.07) is 7.27. The van der Waals surface area contributed by atoms with E-state index in [0.717, 1.165) is 23.5 Å². The van der Waals surface area contributed by atoms with Crippen LogP contribution in [0.4, 0.5) is 5.95 Å². The zero-order valence-electron chi connectivity index (χ0n) is 10.2. The Kier molecular flexibility index (Phi) is 4.04. The molecular weight excluding hydrogens is 269 g/mol. The molecule has 0 atom stereocenters. The third-order valence-corrected chi connectivity index (χ3v) is 2.94. The van der Waals surface area contributed by atoms with E-state index in [1.807, 2.05) is 26.0 Å². The Balaban J connectivity index is 2.49. The molecule has 0 saturated heterocycles. The molecule has 0 unspecified atom stereocenters. The van der Waals surface area contributed by atoms with Gasteiger partial charge in [-0.2, -0.15) is 0 Å². The van der Waals surface area contributed by atoms with Gasteiger partial charge in [-0.15, -0.1) is 0 Å².